The molecule has 0 saturated carbocycles. The van der Waals surface area contributed by atoms with Gasteiger partial charge in [-0.05, 0) is 54.9 Å². The molecule has 6 heteroatoms. The number of hydrogen-bond donors (Lipinski definition) is 1. The quantitative estimate of drug-likeness (QED) is 0.824. The zero-order valence-corrected chi connectivity index (χ0v) is 15.9. The molecule has 1 aliphatic rings. The molecule has 1 aliphatic heterocycles. The van der Waals surface area contributed by atoms with Crippen LogP contribution in [-0.4, -0.2) is 37.6 Å². The minimum Gasteiger partial charge on any atom is -0.496 e. The lowest BCUT2D eigenvalue weighted by Gasteiger charge is -2.32. The lowest BCUT2D eigenvalue weighted by atomic mass is 9.97. The summed E-state index contributed by atoms with van der Waals surface area (Å²) in [5.74, 6) is 0.882. The third-order valence-corrected chi connectivity index (χ3v) is 5.62. The first-order chi connectivity index (χ1) is 12.2. The summed E-state index contributed by atoms with van der Waals surface area (Å²) in [4.78, 5) is 16.3. The van der Waals surface area contributed by atoms with Gasteiger partial charge in [0.15, 0.2) is 0 Å². The number of nitrogens with zero attached hydrogens (tertiary/aromatic N) is 1. The number of halogens is 1. The number of methoxy groups -OCH3 is 1. The van der Waals surface area contributed by atoms with Crippen LogP contribution in [0.1, 0.15) is 28.1 Å². The van der Waals surface area contributed by atoms with Crippen LogP contribution in [0.25, 0.3) is 0 Å². The van der Waals surface area contributed by atoms with Crippen molar-refractivity contribution >= 4 is 28.8 Å². The van der Waals surface area contributed by atoms with Gasteiger partial charge in [0.05, 0.1) is 12.7 Å². The standard InChI is InChI=1S/C19H23ClN2O2S/c1-24-18-10-15(20)6-7-17(18)19(23)21-11-14-4-2-8-22(12-14)13-16-5-3-9-25-16/h3,5-7,9-10,14H,2,4,8,11-13H2,1H3,(H,21,23). The van der Waals surface area contributed by atoms with Gasteiger partial charge in [-0.15, -0.1) is 11.3 Å². The van der Waals surface area contributed by atoms with Crippen molar-refractivity contribution < 1.29 is 9.53 Å². The molecule has 1 amide bonds. The molecule has 2 heterocycles. The average Bonchev–Trinajstić information content (AvgIpc) is 3.13. The minimum atomic E-state index is -0.108. The molecule has 134 valence electrons. The Morgan fingerprint density at radius 2 is 2.32 bits per heavy atom. The molecule has 0 aliphatic carbocycles. The van der Waals surface area contributed by atoms with Crippen molar-refractivity contribution in [2.75, 3.05) is 26.7 Å². The monoisotopic (exact) mass is 378 g/mol. The van der Waals surface area contributed by atoms with Gasteiger partial charge in [-0.3, -0.25) is 9.69 Å². The first kappa shape index (κ1) is 18.2. The predicted molar refractivity (Wildman–Crippen MR) is 103 cm³/mol. The zero-order valence-electron chi connectivity index (χ0n) is 14.3. The highest BCUT2D eigenvalue weighted by molar-refractivity contribution is 7.09. The van der Waals surface area contributed by atoms with E-state index >= 15 is 0 Å². The Kier molecular flexibility index (Phi) is 6.34. The maximum Gasteiger partial charge on any atom is 0.255 e. The zero-order chi connectivity index (χ0) is 17.6. The summed E-state index contributed by atoms with van der Waals surface area (Å²) < 4.78 is 5.26. The fourth-order valence-corrected chi connectivity index (χ4v) is 4.18. The molecule has 0 spiro atoms. The van der Waals surface area contributed by atoms with Crippen LogP contribution in [0.2, 0.25) is 5.02 Å². The number of amides is 1. The van der Waals surface area contributed by atoms with Crippen molar-refractivity contribution in [3.63, 3.8) is 0 Å². The summed E-state index contributed by atoms with van der Waals surface area (Å²) >= 11 is 7.76. The Hall–Kier alpha value is -1.56. The molecule has 1 aromatic heterocycles. The van der Waals surface area contributed by atoms with Gasteiger partial charge in [-0.2, -0.15) is 0 Å². The van der Waals surface area contributed by atoms with Crippen molar-refractivity contribution in [3.05, 3.63) is 51.2 Å². The van der Waals surface area contributed by atoms with Crippen molar-refractivity contribution in [1.82, 2.24) is 10.2 Å². The van der Waals surface area contributed by atoms with Crippen LogP contribution in [0.3, 0.4) is 0 Å². The van der Waals surface area contributed by atoms with Crippen LogP contribution >= 0.6 is 22.9 Å². The summed E-state index contributed by atoms with van der Waals surface area (Å²) in [6, 6.07) is 9.37. The van der Waals surface area contributed by atoms with E-state index in [-0.39, 0.29) is 5.91 Å². The maximum atomic E-state index is 12.5. The molecule has 1 aromatic carbocycles. The molecule has 3 rings (SSSR count). The molecule has 1 fully saturated rings. The summed E-state index contributed by atoms with van der Waals surface area (Å²) in [6.07, 6.45) is 2.33. The van der Waals surface area contributed by atoms with E-state index in [0.717, 1.165) is 26.1 Å². The Morgan fingerprint density at radius 1 is 1.44 bits per heavy atom. The maximum absolute atomic E-state index is 12.5. The minimum absolute atomic E-state index is 0.108. The van der Waals surface area contributed by atoms with E-state index in [2.05, 4.69) is 27.7 Å². The summed E-state index contributed by atoms with van der Waals surface area (Å²) in [5, 5.41) is 5.74. The van der Waals surface area contributed by atoms with Gasteiger partial charge in [-0.25, -0.2) is 0 Å². The topological polar surface area (TPSA) is 41.6 Å². The van der Waals surface area contributed by atoms with Crippen molar-refractivity contribution in [2.45, 2.75) is 19.4 Å². The summed E-state index contributed by atoms with van der Waals surface area (Å²) in [6.45, 7) is 3.85. The normalized spacial score (nSPS) is 18.1. The Bertz CT molecular complexity index is 705. The van der Waals surface area contributed by atoms with E-state index in [1.165, 1.54) is 11.3 Å². The molecule has 25 heavy (non-hydrogen) atoms. The van der Waals surface area contributed by atoms with E-state index < -0.39 is 0 Å². The molecule has 4 nitrogen and oxygen atoms in total. The summed E-state index contributed by atoms with van der Waals surface area (Å²) in [5.41, 5.74) is 0.526. The second-order valence-corrected chi connectivity index (χ2v) is 7.85. The fraction of sp³-hybridized carbons (Fsp3) is 0.421. The van der Waals surface area contributed by atoms with E-state index in [1.54, 1.807) is 36.6 Å². The van der Waals surface area contributed by atoms with Gasteiger partial charge in [0.25, 0.3) is 5.91 Å². The highest BCUT2D eigenvalue weighted by atomic mass is 35.5. The lowest BCUT2D eigenvalue weighted by molar-refractivity contribution is 0.0928. The van der Waals surface area contributed by atoms with E-state index in [9.17, 15) is 4.79 Å². The summed E-state index contributed by atoms with van der Waals surface area (Å²) in [7, 11) is 1.55. The molecule has 0 bridgehead atoms. The average molecular weight is 379 g/mol. The SMILES string of the molecule is COc1cc(Cl)ccc1C(=O)NCC1CCCN(Cc2cccs2)C1. The van der Waals surface area contributed by atoms with Gasteiger partial charge >= 0.3 is 0 Å². The van der Waals surface area contributed by atoms with Crippen LogP contribution in [-0.2, 0) is 6.54 Å². The van der Waals surface area contributed by atoms with Crippen molar-refractivity contribution in [1.29, 1.82) is 0 Å². The molecule has 0 radical (unpaired) electrons. The van der Waals surface area contributed by atoms with Crippen LogP contribution in [0.15, 0.2) is 35.7 Å². The van der Waals surface area contributed by atoms with Crippen molar-refractivity contribution in [2.24, 2.45) is 5.92 Å². The smallest absolute Gasteiger partial charge is 0.255 e. The van der Waals surface area contributed by atoms with Crippen LogP contribution < -0.4 is 10.1 Å². The highest BCUT2D eigenvalue weighted by Gasteiger charge is 2.21. The molecule has 1 unspecified atom stereocenters. The fourth-order valence-electron chi connectivity index (χ4n) is 3.27. The van der Waals surface area contributed by atoms with Crippen LogP contribution in [0.4, 0.5) is 0 Å². The van der Waals surface area contributed by atoms with Gasteiger partial charge in [0.2, 0.25) is 0 Å². The second-order valence-electron chi connectivity index (χ2n) is 6.38. The van der Waals surface area contributed by atoms with Gasteiger partial charge in [0.1, 0.15) is 5.75 Å². The number of rotatable bonds is 6. The van der Waals surface area contributed by atoms with Gasteiger partial charge in [0, 0.05) is 29.5 Å². The molecular weight excluding hydrogens is 356 g/mol. The molecular formula is C19H23ClN2O2S. The number of piperidine rings is 1. The first-order valence-corrected chi connectivity index (χ1v) is 9.78. The molecule has 1 atom stereocenters. The predicted octanol–water partition coefficient (Wildman–Crippen LogP) is 4.05. The third-order valence-electron chi connectivity index (χ3n) is 4.52. The Labute approximate surface area is 157 Å². The number of carbonyl (C=O) groups excluding carboxylic acids is 1. The first-order valence-electron chi connectivity index (χ1n) is 8.52. The number of carbonyl (C=O) groups is 1. The highest BCUT2D eigenvalue weighted by Crippen LogP contribution is 2.24. The Morgan fingerprint density at radius 3 is 3.08 bits per heavy atom. The number of likely N-dealkylation sites (tertiary alicyclic amines) is 1. The number of nitrogens with one attached hydrogen (secondary N) is 1. The number of benzene rings is 1. The largest absolute Gasteiger partial charge is 0.496 e. The second kappa shape index (κ2) is 8.70. The molecule has 2 aromatic rings. The van der Waals surface area contributed by atoms with E-state index in [1.807, 2.05) is 0 Å². The van der Waals surface area contributed by atoms with Crippen LogP contribution in [0.5, 0.6) is 5.75 Å². The lowest BCUT2D eigenvalue weighted by Crippen LogP contribution is -2.40. The number of thiophene rings is 1. The molecule has 1 saturated heterocycles. The van der Waals surface area contributed by atoms with E-state index in [0.29, 0.717) is 28.8 Å². The Balaban J connectivity index is 1.53. The van der Waals surface area contributed by atoms with E-state index in [4.69, 9.17) is 16.3 Å². The molecule has 1 N–H and O–H groups in total. The van der Waals surface area contributed by atoms with Crippen molar-refractivity contribution in [3.8, 4) is 5.75 Å². The number of ether oxygens (including phenoxy) is 1. The third kappa shape index (κ3) is 4.97. The van der Waals surface area contributed by atoms with Gasteiger partial charge in [-0.1, -0.05) is 17.7 Å². The number of hydrogen-bond acceptors (Lipinski definition) is 4. The van der Waals surface area contributed by atoms with Crippen LogP contribution in [0, 0.1) is 5.92 Å². The van der Waals surface area contributed by atoms with Gasteiger partial charge < -0.3 is 10.1 Å².